The van der Waals surface area contributed by atoms with Gasteiger partial charge in [-0.1, -0.05) is 49.7 Å². The fourth-order valence-electron chi connectivity index (χ4n) is 3.72. The van der Waals surface area contributed by atoms with Gasteiger partial charge in [0, 0.05) is 6.42 Å². The molecule has 2 heterocycles. The van der Waals surface area contributed by atoms with Gasteiger partial charge >= 0.3 is 0 Å². The van der Waals surface area contributed by atoms with Crippen molar-refractivity contribution in [3.8, 4) is 34.5 Å². The van der Waals surface area contributed by atoms with Gasteiger partial charge in [0.2, 0.25) is 11.8 Å². The van der Waals surface area contributed by atoms with Crippen LogP contribution < -0.4 is 15.0 Å². The Balaban J connectivity index is 1.88. The Labute approximate surface area is 196 Å². The second-order valence-corrected chi connectivity index (χ2v) is 7.65. The number of unbranched alkanes of at least 4 members (excludes halogenated alkanes) is 1. The quantitative estimate of drug-likeness (QED) is 0.398. The highest BCUT2D eigenvalue weighted by Gasteiger charge is 2.26. The summed E-state index contributed by atoms with van der Waals surface area (Å²) in [5.74, 6) is 0.971. The number of methoxy groups -OCH3 is 2. The molecule has 0 aliphatic heterocycles. The minimum Gasteiger partial charge on any atom is -0.494 e. The number of aromatic nitrogens is 4. The number of aryl methyl sites for hydroxylation is 1. The fraction of sp³-hybridized carbons (Fsp3) is 0.280. The molecule has 0 saturated carbocycles. The van der Waals surface area contributed by atoms with E-state index in [2.05, 4.69) is 15.2 Å². The molecule has 0 bridgehead atoms. The van der Waals surface area contributed by atoms with Crippen LogP contribution in [-0.4, -0.2) is 39.1 Å². The van der Waals surface area contributed by atoms with E-state index in [1.807, 2.05) is 37.3 Å². The van der Waals surface area contributed by atoms with Gasteiger partial charge in [0.05, 0.1) is 20.6 Å². The Kier molecular flexibility index (Phi) is 6.91. The summed E-state index contributed by atoms with van der Waals surface area (Å²) in [5, 5.41) is 18.8. The summed E-state index contributed by atoms with van der Waals surface area (Å²) in [5.41, 5.74) is 0.629. The average molecular weight is 463 g/mol. The molecule has 4 rings (SSSR count). The summed E-state index contributed by atoms with van der Waals surface area (Å²) >= 11 is 0. The van der Waals surface area contributed by atoms with E-state index in [4.69, 9.17) is 13.9 Å². The highest BCUT2D eigenvalue weighted by atomic mass is 16.5. The van der Waals surface area contributed by atoms with Gasteiger partial charge in [0.25, 0.3) is 11.4 Å². The molecular weight excluding hydrogens is 436 g/mol. The average Bonchev–Trinajstić information content (AvgIpc) is 3.30. The molecule has 1 N–H and O–H groups in total. The van der Waals surface area contributed by atoms with E-state index < -0.39 is 11.4 Å². The van der Waals surface area contributed by atoms with E-state index >= 15 is 0 Å². The van der Waals surface area contributed by atoms with Crippen LogP contribution in [0.15, 0.2) is 57.7 Å². The molecule has 2 aromatic heterocycles. The van der Waals surface area contributed by atoms with Gasteiger partial charge in [-0.2, -0.15) is 4.98 Å². The Morgan fingerprint density at radius 2 is 1.71 bits per heavy atom. The predicted octanol–water partition coefficient (Wildman–Crippen LogP) is 3.94. The Bertz CT molecular complexity index is 1310. The van der Waals surface area contributed by atoms with Gasteiger partial charge < -0.3 is 19.0 Å². The number of hydrogen-bond donors (Lipinski definition) is 1. The van der Waals surface area contributed by atoms with Crippen LogP contribution in [0, 0.1) is 0 Å². The van der Waals surface area contributed by atoms with E-state index in [-0.39, 0.29) is 11.5 Å². The maximum Gasteiger partial charge on any atom is 0.275 e. The molecule has 0 aliphatic carbocycles. The lowest BCUT2D eigenvalue weighted by Gasteiger charge is -2.18. The molecule has 0 atom stereocenters. The van der Waals surface area contributed by atoms with Crippen molar-refractivity contribution < 1.29 is 19.0 Å². The van der Waals surface area contributed by atoms with Crippen molar-refractivity contribution in [2.45, 2.75) is 32.6 Å². The predicted molar refractivity (Wildman–Crippen MR) is 126 cm³/mol. The number of ether oxygens (including phenoxy) is 2. The molecular formula is C25H26N4O5. The highest BCUT2D eigenvalue weighted by Crippen LogP contribution is 2.34. The second-order valence-electron chi connectivity index (χ2n) is 7.65. The summed E-state index contributed by atoms with van der Waals surface area (Å²) in [4.78, 5) is 18.2. The van der Waals surface area contributed by atoms with Crippen molar-refractivity contribution in [3.63, 3.8) is 0 Å². The van der Waals surface area contributed by atoms with Crippen LogP contribution in [0.4, 0.5) is 0 Å². The number of benzene rings is 2. The normalized spacial score (nSPS) is 10.9. The summed E-state index contributed by atoms with van der Waals surface area (Å²) in [6, 6.07) is 14.8. The Morgan fingerprint density at radius 3 is 2.35 bits per heavy atom. The molecule has 9 nitrogen and oxygen atoms in total. The van der Waals surface area contributed by atoms with Crippen LogP contribution in [0.5, 0.6) is 17.4 Å². The smallest absolute Gasteiger partial charge is 0.275 e. The van der Waals surface area contributed by atoms with E-state index in [1.54, 1.807) is 18.2 Å². The van der Waals surface area contributed by atoms with Gasteiger partial charge in [0.15, 0.2) is 5.56 Å². The summed E-state index contributed by atoms with van der Waals surface area (Å²) in [6.45, 7) is 2.03. The maximum absolute atomic E-state index is 13.8. The molecule has 0 saturated heterocycles. The summed E-state index contributed by atoms with van der Waals surface area (Å²) < 4.78 is 18.2. The minimum atomic E-state index is -0.559. The third-order valence-corrected chi connectivity index (χ3v) is 5.39. The zero-order valence-electron chi connectivity index (χ0n) is 19.3. The van der Waals surface area contributed by atoms with Crippen LogP contribution in [0.2, 0.25) is 0 Å². The van der Waals surface area contributed by atoms with E-state index in [9.17, 15) is 9.90 Å². The van der Waals surface area contributed by atoms with E-state index in [0.717, 1.165) is 18.4 Å². The van der Waals surface area contributed by atoms with Gasteiger partial charge in [-0.05, 0) is 24.1 Å². The van der Waals surface area contributed by atoms with Gasteiger partial charge in [0.1, 0.15) is 23.0 Å². The van der Waals surface area contributed by atoms with Crippen LogP contribution in [0.3, 0.4) is 0 Å². The molecule has 176 valence electrons. The highest BCUT2D eigenvalue weighted by molar-refractivity contribution is 5.63. The van der Waals surface area contributed by atoms with Crippen LogP contribution in [0.25, 0.3) is 17.1 Å². The molecule has 0 radical (unpaired) electrons. The lowest BCUT2D eigenvalue weighted by Crippen LogP contribution is -2.26. The van der Waals surface area contributed by atoms with Gasteiger partial charge in [-0.25, -0.2) is 0 Å². The molecule has 0 unspecified atom stereocenters. The van der Waals surface area contributed by atoms with Crippen molar-refractivity contribution in [2.24, 2.45) is 0 Å². The molecule has 2 aromatic carbocycles. The Morgan fingerprint density at radius 1 is 1.00 bits per heavy atom. The molecule has 0 spiro atoms. The monoisotopic (exact) mass is 462 g/mol. The number of nitrogens with zero attached hydrogens (tertiary/aromatic N) is 4. The van der Waals surface area contributed by atoms with Crippen molar-refractivity contribution in [1.82, 2.24) is 19.7 Å². The SMILES string of the molecule is CCCCc1nc(O)c(-c2nnc(Cc3ccccc3)o2)c(=O)n1-c1c(OC)cccc1OC. The molecule has 4 aromatic rings. The largest absolute Gasteiger partial charge is 0.494 e. The summed E-state index contributed by atoms with van der Waals surface area (Å²) in [6.07, 6.45) is 2.51. The number of aromatic hydroxyl groups is 1. The van der Waals surface area contributed by atoms with E-state index in [0.29, 0.717) is 41.7 Å². The second kappa shape index (κ2) is 10.2. The van der Waals surface area contributed by atoms with Crippen molar-refractivity contribution in [1.29, 1.82) is 0 Å². The van der Waals surface area contributed by atoms with Gasteiger partial charge in [-0.15, -0.1) is 10.2 Å². The van der Waals surface area contributed by atoms with Gasteiger partial charge in [-0.3, -0.25) is 9.36 Å². The number of rotatable bonds is 9. The van der Waals surface area contributed by atoms with Crippen LogP contribution >= 0.6 is 0 Å². The van der Waals surface area contributed by atoms with Crippen molar-refractivity contribution in [3.05, 3.63) is 76.2 Å². The van der Waals surface area contributed by atoms with Crippen molar-refractivity contribution >= 4 is 0 Å². The van der Waals surface area contributed by atoms with Crippen molar-refractivity contribution in [2.75, 3.05) is 14.2 Å². The minimum absolute atomic E-state index is 0.106. The first kappa shape index (κ1) is 23.0. The van der Waals surface area contributed by atoms with E-state index in [1.165, 1.54) is 18.8 Å². The standard InChI is InChI=1S/C25H26N4O5/c1-4-5-14-19-26-23(30)21(24-28-27-20(34-24)15-16-10-7-6-8-11-16)25(31)29(19)22-17(32-2)12-9-13-18(22)33-3/h6-13,30H,4-5,14-15H2,1-3H3. The molecule has 0 aliphatic rings. The molecule has 0 fully saturated rings. The first-order valence-corrected chi connectivity index (χ1v) is 11.0. The molecule has 34 heavy (non-hydrogen) atoms. The zero-order valence-corrected chi connectivity index (χ0v) is 19.3. The zero-order chi connectivity index (χ0) is 24.1. The molecule has 0 amide bonds. The number of para-hydroxylation sites is 1. The summed E-state index contributed by atoms with van der Waals surface area (Å²) in [7, 11) is 3.02. The first-order valence-electron chi connectivity index (χ1n) is 11.0. The molecule has 9 heteroatoms. The lowest BCUT2D eigenvalue weighted by atomic mass is 10.1. The Hall–Kier alpha value is -4.14. The number of hydrogen-bond acceptors (Lipinski definition) is 8. The third kappa shape index (κ3) is 4.50. The maximum atomic E-state index is 13.8. The van der Waals surface area contributed by atoms with Crippen LogP contribution in [-0.2, 0) is 12.8 Å². The van der Waals surface area contributed by atoms with Crippen LogP contribution in [0.1, 0.15) is 37.0 Å². The third-order valence-electron chi connectivity index (χ3n) is 5.39. The lowest BCUT2D eigenvalue weighted by molar-refractivity contribution is 0.388. The topological polar surface area (TPSA) is 113 Å². The first-order chi connectivity index (χ1) is 16.6. The fourth-order valence-corrected chi connectivity index (χ4v) is 3.72.